The molecule has 0 saturated carbocycles. The number of benzene rings is 1. The van der Waals surface area contributed by atoms with Gasteiger partial charge in [0, 0.05) is 13.2 Å². The van der Waals surface area contributed by atoms with Crippen molar-refractivity contribution in [3.05, 3.63) is 46.8 Å². The van der Waals surface area contributed by atoms with Gasteiger partial charge in [0.05, 0.1) is 24.9 Å². The highest BCUT2D eigenvalue weighted by Gasteiger charge is 2.37. The minimum atomic E-state index is -0.544. The Bertz CT molecular complexity index is 970. The average molecular weight is 398 g/mol. The number of ether oxygens (including phenoxy) is 1. The van der Waals surface area contributed by atoms with Gasteiger partial charge in [0.25, 0.3) is 0 Å². The highest BCUT2D eigenvalue weighted by atomic mass is 16.5. The number of hydrogen-bond donors (Lipinski definition) is 2. The summed E-state index contributed by atoms with van der Waals surface area (Å²) in [5.74, 6) is -0.766. The first-order chi connectivity index (χ1) is 13.5. The van der Waals surface area contributed by atoms with E-state index >= 15 is 0 Å². The molecule has 6 heteroatoms. The minimum Gasteiger partial charge on any atom is -0.464 e. The number of aromatic nitrogens is 1. The molecule has 0 bridgehead atoms. The van der Waals surface area contributed by atoms with Crippen LogP contribution in [0.15, 0.2) is 24.4 Å². The number of amides is 1. The van der Waals surface area contributed by atoms with Crippen molar-refractivity contribution in [3.63, 3.8) is 0 Å². The van der Waals surface area contributed by atoms with Gasteiger partial charge in [-0.2, -0.15) is 0 Å². The molecule has 0 spiro atoms. The quantitative estimate of drug-likeness (QED) is 0.766. The number of rotatable bonds is 4. The Kier molecular flexibility index (Phi) is 5.24. The van der Waals surface area contributed by atoms with Gasteiger partial charge in [0.2, 0.25) is 5.91 Å². The number of aryl methyl sites for hydroxylation is 1. The van der Waals surface area contributed by atoms with Crippen LogP contribution in [0.4, 0.5) is 11.4 Å². The molecule has 0 unspecified atom stereocenters. The van der Waals surface area contributed by atoms with Crippen LogP contribution >= 0.6 is 0 Å². The molecule has 6 nitrogen and oxygen atoms in total. The van der Waals surface area contributed by atoms with Crippen molar-refractivity contribution < 1.29 is 14.3 Å². The zero-order chi connectivity index (χ0) is 21.6. The van der Waals surface area contributed by atoms with Crippen LogP contribution in [0.25, 0.3) is 0 Å². The Morgan fingerprint density at radius 2 is 1.76 bits per heavy atom. The zero-order valence-corrected chi connectivity index (χ0v) is 18.2. The number of fused-ring (bicyclic) bond motifs is 1. The molecule has 0 fully saturated rings. The lowest BCUT2D eigenvalue weighted by Gasteiger charge is -2.42. The average Bonchev–Trinajstić information content (AvgIpc) is 2.91. The lowest BCUT2D eigenvalue weighted by Crippen LogP contribution is -2.34. The van der Waals surface area contributed by atoms with Gasteiger partial charge in [-0.1, -0.05) is 45.9 Å². The third-order valence-electron chi connectivity index (χ3n) is 6.14. The molecule has 1 aliphatic carbocycles. The fourth-order valence-electron chi connectivity index (χ4n) is 4.24. The largest absolute Gasteiger partial charge is 0.464 e. The van der Waals surface area contributed by atoms with Gasteiger partial charge in [-0.25, -0.2) is 4.79 Å². The van der Waals surface area contributed by atoms with E-state index in [9.17, 15) is 9.59 Å². The number of nitrogens with two attached hydrogens (primary N) is 1. The molecule has 0 atom stereocenters. The molecule has 2 aromatic rings. The maximum absolute atomic E-state index is 12.7. The van der Waals surface area contributed by atoms with Crippen molar-refractivity contribution >= 4 is 23.3 Å². The Balaban J connectivity index is 1.86. The number of carbonyl (C=O) groups is 2. The first-order valence-electron chi connectivity index (χ1n) is 9.93. The Hall–Kier alpha value is -2.76. The molecule has 0 aliphatic heterocycles. The lowest BCUT2D eigenvalue weighted by molar-refractivity contribution is -0.115. The monoisotopic (exact) mass is 397 g/mol. The highest BCUT2D eigenvalue weighted by molar-refractivity contribution is 6.04. The number of nitrogens with zero attached hydrogens (tertiary/aromatic N) is 1. The predicted octanol–water partition coefficient (Wildman–Crippen LogP) is 3.92. The highest BCUT2D eigenvalue weighted by Crippen LogP contribution is 2.45. The van der Waals surface area contributed by atoms with E-state index in [1.165, 1.54) is 18.2 Å². The standard InChI is InChI=1S/C23H31N3O3/c1-22(2)9-10-23(3,4)16-11-14(7-8-15(16)22)12-18(27)25-19-17(24)13-26(5)20(19)21(28)29-6/h7-8,11,13H,9-10,12,24H2,1-6H3,(H,25,27). The van der Waals surface area contributed by atoms with E-state index in [0.29, 0.717) is 11.4 Å². The number of carbonyl (C=O) groups excluding carboxylic acids is 2. The van der Waals surface area contributed by atoms with Crippen LogP contribution in [0, 0.1) is 0 Å². The van der Waals surface area contributed by atoms with Crippen LogP contribution in [0.5, 0.6) is 0 Å². The maximum atomic E-state index is 12.7. The van der Waals surface area contributed by atoms with Gasteiger partial charge < -0.3 is 20.4 Å². The first-order valence-corrected chi connectivity index (χ1v) is 9.93. The summed E-state index contributed by atoms with van der Waals surface area (Å²) in [5, 5.41) is 2.79. The summed E-state index contributed by atoms with van der Waals surface area (Å²) < 4.78 is 6.36. The van der Waals surface area contributed by atoms with E-state index in [1.54, 1.807) is 17.8 Å². The summed E-state index contributed by atoms with van der Waals surface area (Å²) in [6, 6.07) is 6.35. The van der Waals surface area contributed by atoms with E-state index in [4.69, 9.17) is 10.5 Å². The first kappa shape index (κ1) is 21.0. The van der Waals surface area contributed by atoms with E-state index < -0.39 is 5.97 Å². The summed E-state index contributed by atoms with van der Waals surface area (Å²) in [6.07, 6.45) is 4.06. The van der Waals surface area contributed by atoms with Gasteiger partial charge in [-0.3, -0.25) is 4.79 Å². The third kappa shape index (κ3) is 3.88. The topological polar surface area (TPSA) is 86.3 Å². The van der Waals surface area contributed by atoms with Crippen LogP contribution in [0.2, 0.25) is 0 Å². The molecule has 1 amide bonds. The van der Waals surface area contributed by atoms with Crippen LogP contribution in [-0.2, 0) is 33.8 Å². The Morgan fingerprint density at radius 1 is 1.14 bits per heavy atom. The third-order valence-corrected chi connectivity index (χ3v) is 6.14. The van der Waals surface area contributed by atoms with Gasteiger partial charge >= 0.3 is 5.97 Å². The summed E-state index contributed by atoms with van der Waals surface area (Å²) >= 11 is 0. The second-order valence-electron chi connectivity index (χ2n) is 9.28. The van der Waals surface area contributed by atoms with Crippen molar-refractivity contribution in [2.45, 2.75) is 57.8 Å². The molecular formula is C23H31N3O3. The van der Waals surface area contributed by atoms with Crippen LogP contribution in [0.1, 0.15) is 67.7 Å². The van der Waals surface area contributed by atoms with Crippen molar-refractivity contribution in [3.8, 4) is 0 Å². The molecule has 29 heavy (non-hydrogen) atoms. The molecule has 3 N–H and O–H groups in total. The van der Waals surface area contributed by atoms with Crippen molar-refractivity contribution in [2.24, 2.45) is 7.05 Å². The predicted molar refractivity (Wildman–Crippen MR) is 115 cm³/mol. The summed E-state index contributed by atoms with van der Waals surface area (Å²) in [4.78, 5) is 24.8. The van der Waals surface area contributed by atoms with E-state index in [-0.39, 0.29) is 28.9 Å². The van der Waals surface area contributed by atoms with Gasteiger partial charge in [0.15, 0.2) is 5.69 Å². The molecule has 1 aromatic carbocycles. The smallest absolute Gasteiger partial charge is 0.356 e. The zero-order valence-electron chi connectivity index (χ0n) is 18.2. The molecule has 1 aromatic heterocycles. The van der Waals surface area contributed by atoms with E-state index in [1.807, 2.05) is 6.07 Å². The number of hydrogen-bond acceptors (Lipinski definition) is 4. The second kappa shape index (κ2) is 7.25. The summed E-state index contributed by atoms with van der Waals surface area (Å²) in [7, 11) is 2.99. The van der Waals surface area contributed by atoms with Crippen molar-refractivity contribution in [2.75, 3.05) is 18.2 Å². The molecular weight excluding hydrogens is 366 g/mol. The molecule has 1 heterocycles. The SMILES string of the molecule is COC(=O)c1c(NC(=O)Cc2ccc3c(c2)C(C)(C)CCC3(C)C)c(N)cn1C. The summed E-state index contributed by atoms with van der Waals surface area (Å²) in [5.41, 5.74) is 10.7. The van der Waals surface area contributed by atoms with E-state index in [2.05, 4.69) is 45.1 Å². The Labute approximate surface area is 172 Å². The second-order valence-corrected chi connectivity index (χ2v) is 9.28. The summed E-state index contributed by atoms with van der Waals surface area (Å²) in [6.45, 7) is 9.08. The van der Waals surface area contributed by atoms with Gasteiger partial charge in [0.1, 0.15) is 0 Å². The number of methoxy groups -OCH3 is 1. The van der Waals surface area contributed by atoms with Crippen molar-refractivity contribution in [1.82, 2.24) is 4.57 Å². The number of nitrogen functional groups attached to an aromatic ring is 1. The Morgan fingerprint density at radius 3 is 2.38 bits per heavy atom. The molecule has 1 aliphatic rings. The molecule has 3 rings (SSSR count). The normalized spacial score (nSPS) is 16.8. The minimum absolute atomic E-state index is 0.0826. The fraction of sp³-hybridized carbons (Fsp3) is 0.478. The maximum Gasteiger partial charge on any atom is 0.356 e. The number of anilines is 2. The van der Waals surface area contributed by atoms with Gasteiger partial charge in [-0.05, 0) is 40.4 Å². The van der Waals surface area contributed by atoms with Crippen LogP contribution in [0.3, 0.4) is 0 Å². The number of esters is 1. The van der Waals surface area contributed by atoms with Crippen LogP contribution in [-0.4, -0.2) is 23.6 Å². The molecule has 0 radical (unpaired) electrons. The van der Waals surface area contributed by atoms with Crippen LogP contribution < -0.4 is 11.1 Å². The van der Waals surface area contributed by atoms with Gasteiger partial charge in [-0.15, -0.1) is 0 Å². The molecule has 156 valence electrons. The fourth-order valence-corrected chi connectivity index (χ4v) is 4.24. The molecule has 0 saturated heterocycles. The van der Waals surface area contributed by atoms with E-state index in [0.717, 1.165) is 18.4 Å². The number of nitrogens with one attached hydrogen (secondary N) is 1. The lowest BCUT2D eigenvalue weighted by atomic mass is 9.63. The van der Waals surface area contributed by atoms with Crippen molar-refractivity contribution in [1.29, 1.82) is 0 Å².